The molecule has 1 aromatic heterocycles. The van der Waals surface area contributed by atoms with Gasteiger partial charge in [-0.1, -0.05) is 17.7 Å². The summed E-state index contributed by atoms with van der Waals surface area (Å²) in [5.41, 5.74) is 1.11. The normalized spacial score (nSPS) is 10.2. The summed E-state index contributed by atoms with van der Waals surface area (Å²) >= 11 is 6.04. The number of methoxy groups -OCH3 is 1. The Labute approximate surface area is 125 Å². The Bertz CT molecular complexity index is 684. The average Bonchev–Trinajstić information content (AvgIpc) is 2.96. The van der Waals surface area contributed by atoms with Crippen molar-refractivity contribution in [2.45, 2.75) is 6.92 Å². The van der Waals surface area contributed by atoms with Crippen LogP contribution in [0.25, 0.3) is 11.3 Å². The molecule has 0 saturated heterocycles. The number of hydrogen-bond acceptors (Lipinski definition) is 6. The third-order valence-corrected chi connectivity index (χ3v) is 2.98. The quantitative estimate of drug-likeness (QED) is 0.869. The van der Waals surface area contributed by atoms with Gasteiger partial charge < -0.3 is 9.47 Å². The molecule has 0 radical (unpaired) electrons. The van der Waals surface area contributed by atoms with Crippen molar-refractivity contribution in [2.24, 2.45) is 0 Å². The molecule has 0 atom stereocenters. The van der Waals surface area contributed by atoms with Gasteiger partial charge in [0.25, 0.3) is 0 Å². The second-order valence-electron chi connectivity index (χ2n) is 3.93. The summed E-state index contributed by atoms with van der Waals surface area (Å²) in [7, 11) is 1.27. The number of carbonyl (C=O) groups excluding carboxylic acids is 2. The number of hydrogen-bond donors (Lipinski definition) is 1. The number of benzene rings is 1. The van der Waals surface area contributed by atoms with Crippen molar-refractivity contribution in [3.63, 3.8) is 0 Å². The number of aromatic amines is 1. The van der Waals surface area contributed by atoms with Crippen molar-refractivity contribution in [1.29, 1.82) is 0 Å². The SMILES string of the molecule is CCOC(=O)c1n[nH]nc1-c1ccc(C(=O)OC)c(Cl)c1. The predicted molar refractivity (Wildman–Crippen MR) is 74.1 cm³/mol. The topological polar surface area (TPSA) is 94.2 Å². The minimum Gasteiger partial charge on any atom is -0.465 e. The van der Waals surface area contributed by atoms with Gasteiger partial charge in [0.1, 0.15) is 5.69 Å². The summed E-state index contributed by atoms with van der Waals surface area (Å²) in [6.07, 6.45) is 0. The molecule has 0 spiro atoms. The number of halogens is 1. The summed E-state index contributed by atoms with van der Waals surface area (Å²) < 4.78 is 9.50. The lowest BCUT2D eigenvalue weighted by molar-refractivity contribution is 0.0519. The van der Waals surface area contributed by atoms with Crippen molar-refractivity contribution in [3.05, 3.63) is 34.5 Å². The fraction of sp³-hybridized carbons (Fsp3) is 0.231. The van der Waals surface area contributed by atoms with Crippen LogP contribution in [-0.2, 0) is 9.47 Å². The number of H-pyrrole nitrogens is 1. The molecular weight excluding hydrogens is 298 g/mol. The molecule has 1 heterocycles. The van der Waals surface area contributed by atoms with Gasteiger partial charge in [0.05, 0.1) is 24.3 Å². The first-order chi connectivity index (χ1) is 10.1. The molecule has 0 saturated carbocycles. The van der Waals surface area contributed by atoms with Crippen LogP contribution in [0.5, 0.6) is 0 Å². The Kier molecular flexibility index (Phi) is 4.54. The number of nitrogens with one attached hydrogen (secondary N) is 1. The number of rotatable bonds is 4. The maximum Gasteiger partial charge on any atom is 0.361 e. The van der Waals surface area contributed by atoms with Crippen molar-refractivity contribution in [2.75, 3.05) is 13.7 Å². The number of carbonyl (C=O) groups is 2. The number of ether oxygens (including phenoxy) is 2. The Balaban J connectivity index is 2.40. The van der Waals surface area contributed by atoms with E-state index in [0.29, 0.717) is 11.3 Å². The highest BCUT2D eigenvalue weighted by Gasteiger charge is 2.20. The Morgan fingerprint density at radius 1 is 1.29 bits per heavy atom. The van der Waals surface area contributed by atoms with Gasteiger partial charge in [0, 0.05) is 5.56 Å². The first kappa shape index (κ1) is 15.0. The van der Waals surface area contributed by atoms with E-state index < -0.39 is 11.9 Å². The molecular formula is C13H12ClN3O4. The number of nitrogens with zero attached hydrogens (tertiary/aromatic N) is 2. The molecule has 0 aliphatic carbocycles. The van der Waals surface area contributed by atoms with Gasteiger partial charge in [0.2, 0.25) is 0 Å². The fourth-order valence-corrected chi connectivity index (χ4v) is 1.97. The zero-order valence-corrected chi connectivity index (χ0v) is 12.1. The lowest BCUT2D eigenvalue weighted by atomic mass is 10.1. The third-order valence-electron chi connectivity index (χ3n) is 2.66. The van der Waals surface area contributed by atoms with Crippen molar-refractivity contribution < 1.29 is 19.1 Å². The largest absolute Gasteiger partial charge is 0.465 e. The molecule has 0 aliphatic heterocycles. The molecule has 0 amide bonds. The molecule has 2 aromatic rings. The average molecular weight is 310 g/mol. The van der Waals surface area contributed by atoms with E-state index in [2.05, 4.69) is 20.1 Å². The van der Waals surface area contributed by atoms with Crippen LogP contribution in [0.1, 0.15) is 27.8 Å². The fourth-order valence-electron chi connectivity index (χ4n) is 1.71. The van der Waals surface area contributed by atoms with Crippen molar-refractivity contribution in [1.82, 2.24) is 15.4 Å². The maximum absolute atomic E-state index is 11.8. The Morgan fingerprint density at radius 2 is 2.05 bits per heavy atom. The zero-order chi connectivity index (χ0) is 15.4. The molecule has 110 valence electrons. The summed E-state index contributed by atoms with van der Waals surface area (Å²) in [6, 6.07) is 4.60. The first-order valence-corrected chi connectivity index (χ1v) is 6.42. The van der Waals surface area contributed by atoms with E-state index in [0.717, 1.165) is 0 Å². The van der Waals surface area contributed by atoms with Crippen molar-refractivity contribution in [3.8, 4) is 11.3 Å². The van der Waals surface area contributed by atoms with Gasteiger partial charge in [-0.25, -0.2) is 9.59 Å². The van der Waals surface area contributed by atoms with Gasteiger partial charge in [-0.15, -0.1) is 5.10 Å². The summed E-state index contributed by atoms with van der Waals surface area (Å²) in [5.74, 6) is -1.13. The van der Waals surface area contributed by atoms with Gasteiger partial charge in [-0.05, 0) is 19.1 Å². The standard InChI is InChI=1S/C13H12ClN3O4/c1-3-21-13(19)11-10(15-17-16-11)7-4-5-8(9(14)6-7)12(18)20-2/h4-6H,3H2,1-2H3,(H,15,16,17). The molecule has 8 heteroatoms. The van der Waals surface area contributed by atoms with Gasteiger partial charge in [-0.2, -0.15) is 10.3 Å². The second kappa shape index (κ2) is 6.36. The highest BCUT2D eigenvalue weighted by molar-refractivity contribution is 6.33. The van der Waals surface area contributed by atoms with Crippen LogP contribution in [0, 0.1) is 0 Å². The Hall–Kier alpha value is -2.41. The molecule has 1 aromatic carbocycles. The maximum atomic E-state index is 11.8. The van der Waals surface area contributed by atoms with Gasteiger partial charge in [-0.3, -0.25) is 0 Å². The van der Waals surface area contributed by atoms with Crippen LogP contribution in [0.2, 0.25) is 5.02 Å². The van der Waals surface area contributed by atoms with Gasteiger partial charge in [0.15, 0.2) is 5.69 Å². The first-order valence-electron chi connectivity index (χ1n) is 6.04. The van der Waals surface area contributed by atoms with E-state index >= 15 is 0 Å². The summed E-state index contributed by atoms with van der Waals surface area (Å²) in [5, 5.41) is 10.2. The van der Waals surface area contributed by atoms with Crippen molar-refractivity contribution >= 4 is 23.5 Å². The Morgan fingerprint density at radius 3 is 2.67 bits per heavy atom. The van der Waals surface area contributed by atoms with E-state index in [1.165, 1.54) is 19.2 Å². The van der Waals surface area contributed by atoms with Crippen LogP contribution in [0.15, 0.2) is 18.2 Å². The summed E-state index contributed by atoms with van der Waals surface area (Å²) in [4.78, 5) is 23.2. The highest BCUT2D eigenvalue weighted by Crippen LogP contribution is 2.26. The molecule has 1 N–H and O–H groups in total. The van der Waals surface area contributed by atoms with E-state index in [4.69, 9.17) is 16.3 Å². The molecule has 2 rings (SSSR count). The smallest absolute Gasteiger partial charge is 0.361 e. The monoisotopic (exact) mass is 309 g/mol. The van der Waals surface area contributed by atoms with E-state index in [-0.39, 0.29) is 22.9 Å². The van der Waals surface area contributed by atoms with E-state index in [9.17, 15) is 9.59 Å². The zero-order valence-electron chi connectivity index (χ0n) is 11.3. The van der Waals surface area contributed by atoms with Gasteiger partial charge >= 0.3 is 11.9 Å². The van der Waals surface area contributed by atoms with Crippen LogP contribution >= 0.6 is 11.6 Å². The number of esters is 2. The van der Waals surface area contributed by atoms with Crippen LogP contribution < -0.4 is 0 Å². The lowest BCUT2D eigenvalue weighted by Crippen LogP contribution is -2.07. The molecule has 7 nitrogen and oxygen atoms in total. The molecule has 0 bridgehead atoms. The van der Waals surface area contributed by atoms with E-state index in [1.807, 2.05) is 0 Å². The minimum absolute atomic E-state index is 0.0544. The highest BCUT2D eigenvalue weighted by atomic mass is 35.5. The van der Waals surface area contributed by atoms with Crippen LogP contribution in [-0.4, -0.2) is 41.1 Å². The second-order valence-corrected chi connectivity index (χ2v) is 4.33. The minimum atomic E-state index is -0.589. The summed E-state index contributed by atoms with van der Waals surface area (Å²) in [6.45, 7) is 1.92. The molecule has 21 heavy (non-hydrogen) atoms. The molecule has 0 unspecified atom stereocenters. The predicted octanol–water partition coefficient (Wildman–Crippen LogP) is 2.09. The van der Waals surface area contributed by atoms with Crippen LogP contribution in [0.4, 0.5) is 0 Å². The molecule has 0 fully saturated rings. The third kappa shape index (κ3) is 3.03. The number of aromatic nitrogens is 3. The lowest BCUT2D eigenvalue weighted by Gasteiger charge is -2.05. The van der Waals surface area contributed by atoms with Crippen LogP contribution in [0.3, 0.4) is 0 Å². The van der Waals surface area contributed by atoms with E-state index in [1.54, 1.807) is 13.0 Å². The molecule has 0 aliphatic rings.